The second kappa shape index (κ2) is 9.97. The van der Waals surface area contributed by atoms with E-state index in [0.717, 1.165) is 36.3 Å². The van der Waals surface area contributed by atoms with Gasteiger partial charge in [-0.2, -0.15) is 5.26 Å². The van der Waals surface area contributed by atoms with Crippen LogP contribution < -0.4 is 5.32 Å². The number of hydrogen-bond acceptors (Lipinski definition) is 7. The molecule has 0 aliphatic carbocycles. The summed E-state index contributed by atoms with van der Waals surface area (Å²) < 4.78 is 9.31. The molecular formula is C22H25N7O2S. The number of ether oxygens (including phenoxy) is 1. The van der Waals surface area contributed by atoms with Crippen molar-refractivity contribution in [1.29, 1.82) is 5.26 Å². The average molecular weight is 452 g/mol. The summed E-state index contributed by atoms with van der Waals surface area (Å²) in [4.78, 5) is 12.8. The van der Waals surface area contributed by atoms with Gasteiger partial charge in [-0.3, -0.25) is 4.79 Å². The van der Waals surface area contributed by atoms with E-state index >= 15 is 0 Å². The molecule has 32 heavy (non-hydrogen) atoms. The Balaban J connectivity index is 1.46. The molecule has 4 rings (SSSR count). The fraction of sp³-hybridized carbons (Fsp3) is 0.409. The number of rotatable bonds is 8. The maximum atomic E-state index is 12.8. The van der Waals surface area contributed by atoms with Gasteiger partial charge in [0, 0.05) is 18.8 Å². The molecule has 10 heteroatoms. The molecule has 1 aromatic carbocycles. The zero-order valence-electron chi connectivity index (χ0n) is 18.1. The molecular weight excluding hydrogens is 426 g/mol. The highest BCUT2D eigenvalue weighted by Crippen LogP contribution is 2.28. The molecule has 0 radical (unpaired) electrons. The van der Waals surface area contributed by atoms with Crippen molar-refractivity contribution in [2.24, 2.45) is 0 Å². The van der Waals surface area contributed by atoms with Gasteiger partial charge in [-0.05, 0) is 48.2 Å². The van der Waals surface area contributed by atoms with Crippen molar-refractivity contribution in [3.8, 4) is 6.07 Å². The van der Waals surface area contributed by atoms with Gasteiger partial charge in [0.05, 0.1) is 24.0 Å². The lowest BCUT2D eigenvalue weighted by Crippen LogP contribution is -2.20. The van der Waals surface area contributed by atoms with Crippen molar-refractivity contribution in [2.75, 3.05) is 17.7 Å². The van der Waals surface area contributed by atoms with Crippen LogP contribution in [0.3, 0.4) is 0 Å². The molecule has 0 spiro atoms. The molecule has 1 fully saturated rings. The number of amides is 1. The predicted molar refractivity (Wildman–Crippen MR) is 120 cm³/mol. The molecule has 0 unspecified atom stereocenters. The minimum Gasteiger partial charge on any atom is -0.376 e. The molecule has 1 atom stereocenters. The van der Waals surface area contributed by atoms with Crippen LogP contribution in [0.2, 0.25) is 0 Å². The highest BCUT2D eigenvalue weighted by atomic mass is 32.2. The molecule has 3 aromatic rings. The molecule has 1 amide bonds. The number of benzene rings is 1. The van der Waals surface area contributed by atoms with Crippen LogP contribution in [0.25, 0.3) is 0 Å². The van der Waals surface area contributed by atoms with Gasteiger partial charge in [-0.25, -0.2) is 4.68 Å². The van der Waals surface area contributed by atoms with Crippen molar-refractivity contribution < 1.29 is 9.53 Å². The zero-order chi connectivity index (χ0) is 22.5. The number of nitrogens with one attached hydrogen (secondary N) is 1. The summed E-state index contributed by atoms with van der Waals surface area (Å²) >= 11 is 1.27. The number of carbonyl (C=O) groups excluding carboxylic acids is 1. The number of carbonyl (C=O) groups is 1. The Bertz CT molecular complexity index is 1130. The van der Waals surface area contributed by atoms with Gasteiger partial charge < -0.3 is 14.6 Å². The van der Waals surface area contributed by atoms with E-state index in [1.807, 2.05) is 48.7 Å². The van der Waals surface area contributed by atoms with E-state index in [1.165, 1.54) is 11.8 Å². The number of hydrogen-bond donors (Lipinski definition) is 1. The molecule has 1 saturated heterocycles. The van der Waals surface area contributed by atoms with Crippen LogP contribution in [0.5, 0.6) is 0 Å². The van der Waals surface area contributed by atoms with Crippen LogP contribution in [-0.4, -0.2) is 49.1 Å². The second-order valence-electron chi connectivity index (χ2n) is 7.73. The molecule has 0 saturated carbocycles. The molecule has 3 heterocycles. The van der Waals surface area contributed by atoms with Gasteiger partial charge in [-0.1, -0.05) is 42.1 Å². The lowest BCUT2D eigenvalue weighted by Gasteiger charge is -2.13. The van der Waals surface area contributed by atoms with Crippen LogP contribution in [0, 0.1) is 25.2 Å². The first-order valence-electron chi connectivity index (χ1n) is 10.5. The number of aromatic nitrogens is 5. The van der Waals surface area contributed by atoms with Crippen molar-refractivity contribution in [3.05, 3.63) is 52.7 Å². The van der Waals surface area contributed by atoms with Crippen molar-refractivity contribution >= 4 is 23.5 Å². The third-order valence-electron chi connectivity index (χ3n) is 5.61. The van der Waals surface area contributed by atoms with Crippen molar-refractivity contribution in [2.45, 2.75) is 51.0 Å². The lowest BCUT2D eigenvalue weighted by molar-refractivity contribution is -0.113. The van der Waals surface area contributed by atoms with Gasteiger partial charge in [0.1, 0.15) is 11.9 Å². The minimum atomic E-state index is -0.218. The number of nitrogens with zero attached hydrogens (tertiary/aromatic N) is 6. The molecule has 166 valence electrons. The summed E-state index contributed by atoms with van der Waals surface area (Å²) in [6.45, 7) is 5.77. The zero-order valence-corrected chi connectivity index (χ0v) is 18.9. The fourth-order valence-electron chi connectivity index (χ4n) is 3.79. The molecule has 1 N–H and O–H groups in total. The largest absolute Gasteiger partial charge is 0.376 e. The van der Waals surface area contributed by atoms with E-state index < -0.39 is 0 Å². The van der Waals surface area contributed by atoms with Crippen molar-refractivity contribution in [3.63, 3.8) is 0 Å². The number of tetrazole rings is 1. The third kappa shape index (κ3) is 4.84. The molecule has 2 aromatic heterocycles. The van der Waals surface area contributed by atoms with Gasteiger partial charge in [-0.15, -0.1) is 5.10 Å². The number of nitriles is 1. The van der Waals surface area contributed by atoms with Crippen LogP contribution in [-0.2, 0) is 22.6 Å². The van der Waals surface area contributed by atoms with Gasteiger partial charge >= 0.3 is 0 Å². The van der Waals surface area contributed by atoms with E-state index in [4.69, 9.17) is 4.74 Å². The summed E-state index contributed by atoms with van der Waals surface area (Å²) in [6.07, 6.45) is 2.14. The van der Waals surface area contributed by atoms with Gasteiger partial charge in [0.25, 0.3) is 0 Å². The minimum absolute atomic E-state index is 0.108. The molecule has 9 nitrogen and oxygen atoms in total. The average Bonchev–Trinajstić information content (AvgIpc) is 3.52. The number of thioether (sulfide) groups is 1. The second-order valence-corrected chi connectivity index (χ2v) is 8.68. The highest BCUT2D eigenvalue weighted by molar-refractivity contribution is 7.99. The highest BCUT2D eigenvalue weighted by Gasteiger charge is 2.22. The summed E-state index contributed by atoms with van der Waals surface area (Å²) in [6, 6.07) is 12.2. The van der Waals surface area contributed by atoms with Crippen LogP contribution in [0.4, 0.5) is 5.82 Å². The van der Waals surface area contributed by atoms with E-state index in [2.05, 4.69) is 26.9 Å². The Kier molecular flexibility index (Phi) is 6.87. The first-order valence-corrected chi connectivity index (χ1v) is 11.5. The predicted octanol–water partition coefficient (Wildman–Crippen LogP) is 2.92. The molecule has 0 bridgehead atoms. The standard InChI is InChI=1S/C22H25N7O2S/c1-15-16(2)28(12-17-7-4-3-5-8-17)21(19(15)11-23)24-20(30)14-32-22-25-26-27-29(22)13-18-9-6-10-31-18/h3-5,7-8,18H,6,9-10,12-14H2,1-2H3,(H,24,30)/t18-/m1/s1. The quantitative estimate of drug-likeness (QED) is 0.524. The van der Waals surface area contributed by atoms with Crippen LogP contribution >= 0.6 is 11.8 Å². The summed E-state index contributed by atoms with van der Waals surface area (Å²) in [7, 11) is 0. The summed E-state index contributed by atoms with van der Waals surface area (Å²) in [5.74, 6) is 0.437. The first kappa shape index (κ1) is 22.0. The van der Waals surface area contributed by atoms with Gasteiger partial charge in [0.15, 0.2) is 0 Å². The summed E-state index contributed by atoms with van der Waals surface area (Å²) in [5.41, 5.74) is 3.40. The lowest BCUT2D eigenvalue weighted by atomic mass is 10.2. The topological polar surface area (TPSA) is 111 Å². The normalized spacial score (nSPS) is 15.6. The fourth-order valence-corrected chi connectivity index (χ4v) is 4.47. The Morgan fingerprint density at radius 3 is 2.88 bits per heavy atom. The molecule has 1 aliphatic rings. The van der Waals surface area contributed by atoms with Crippen molar-refractivity contribution in [1.82, 2.24) is 24.8 Å². The third-order valence-corrected chi connectivity index (χ3v) is 6.57. The smallest absolute Gasteiger partial charge is 0.235 e. The van der Waals surface area contributed by atoms with E-state index in [1.54, 1.807) is 4.68 Å². The Morgan fingerprint density at radius 1 is 1.34 bits per heavy atom. The van der Waals surface area contributed by atoms with E-state index in [-0.39, 0.29) is 17.8 Å². The maximum Gasteiger partial charge on any atom is 0.235 e. The Labute approximate surface area is 190 Å². The van der Waals surface area contributed by atoms with Gasteiger partial charge in [0.2, 0.25) is 11.1 Å². The van der Waals surface area contributed by atoms with E-state index in [0.29, 0.717) is 29.6 Å². The summed E-state index contributed by atoms with van der Waals surface area (Å²) in [5, 5.41) is 25.0. The first-order chi connectivity index (χ1) is 15.6. The number of anilines is 1. The Morgan fingerprint density at radius 2 is 2.16 bits per heavy atom. The van der Waals surface area contributed by atoms with Crippen LogP contribution in [0.15, 0.2) is 35.5 Å². The van der Waals surface area contributed by atoms with E-state index in [9.17, 15) is 10.1 Å². The SMILES string of the molecule is Cc1c(C#N)c(NC(=O)CSc2nnnn2C[C@H]2CCCO2)n(Cc2ccccc2)c1C. The Hall–Kier alpha value is -3.16. The maximum absolute atomic E-state index is 12.8. The van der Waals surface area contributed by atoms with Crippen LogP contribution in [0.1, 0.15) is 35.2 Å². The molecule has 1 aliphatic heterocycles. The monoisotopic (exact) mass is 451 g/mol.